The second-order valence-electron chi connectivity index (χ2n) is 3.81. The van der Waals surface area contributed by atoms with Gasteiger partial charge in [0.1, 0.15) is 0 Å². The number of hydrogen-bond acceptors (Lipinski definition) is 2. The van der Waals surface area contributed by atoms with Crippen molar-refractivity contribution < 1.29 is 0 Å². The molecule has 1 fully saturated rings. The third kappa shape index (κ3) is 4.07. The second-order valence-corrected chi connectivity index (χ2v) is 3.81. The van der Waals surface area contributed by atoms with Gasteiger partial charge < -0.3 is 10.6 Å². The van der Waals surface area contributed by atoms with Gasteiger partial charge in [0, 0.05) is 0 Å². The monoisotopic (exact) mass is 170 g/mol. The van der Waals surface area contributed by atoms with E-state index in [4.69, 9.17) is 5.73 Å². The van der Waals surface area contributed by atoms with Crippen molar-refractivity contribution in [3.8, 4) is 0 Å². The van der Waals surface area contributed by atoms with Crippen LogP contribution in [0.4, 0.5) is 0 Å². The van der Waals surface area contributed by atoms with E-state index in [1.54, 1.807) is 0 Å². The molecule has 0 aliphatic heterocycles. The van der Waals surface area contributed by atoms with Crippen LogP contribution in [0, 0.1) is 5.92 Å². The molecule has 1 saturated carbocycles. The summed E-state index contributed by atoms with van der Waals surface area (Å²) in [6, 6.07) is 0. The van der Waals surface area contributed by atoms with Crippen molar-refractivity contribution in [2.24, 2.45) is 11.7 Å². The molecule has 2 nitrogen and oxygen atoms in total. The zero-order chi connectivity index (χ0) is 8.81. The maximum absolute atomic E-state index is 5.47. The first-order valence-corrected chi connectivity index (χ1v) is 5.29. The molecule has 0 aromatic rings. The van der Waals surface area contributed by atoms with E-state index in [0.717, 1.165) is 18.9 Å². The van der Waals surface area contributed by atoms with Crippen LogP contribution < -0.4 is 5.73 Å². The van der Waals surface area contributed by atoms with Crippen LogP contribution in [0.1, 0.15) is 32.6 Å². The summed E-state index contributed by atoms with van der Waals surface area (Å²) in [5.41, 5.74) is 5.47. The molecule has 72 valence electrons. The molecule has 2 heteroatoms. The maximum Gasteiger partial charge on any atom is -0.000683 e. The zero-order valence-electron chi connectivity index (χ0n) is 8.26. The van der Waals surface area contributed by atoms with Gasteiger partial charge in [0.25, 0.3) is 0 Å². The van der Waals surface area contributed by atoms with Crippen molar-refractivity contribution in [2.75, 3.05) is 26.2 Å². The van der Waals surface area contributed by atoms with Crippen molar-refractivity contribution >= 4 is 0 Å². The van der Waals surface area contributed by atoms with Crippen LogP contribution in [0.3, 0.4) is 0 Å². The van der Waals surface area contributed by atoms with Gasteiger partial charge >= 0.3 is 0 Å². The van der Waals surface area contributed by atoms with Crippen LogP contribution >= 0.6 is 0 Å². The Morgan fingerprint density at radius 3 is 2.58 bits per heavy atom. The predicted molar refractivity (Wildman–Crippen MR) is 53.1 cm³/mol. The highest BCUT2D eigenvalue weighted by Crippen LogP contribution is 2.32. The molecule has 0 bridgehead atoms. The standard InChI is InChI=1S/C10H22N2/c1-2-12(8-3-7-11)9-6-10-4-5-10/h10H,2-9,11H2,1H3. The van der Waals surface area contributed by atoms with Crippen LogP contribution in [0.15, 0.2) is 0 Å². The van der Waals surface area contributed by atoms with E-state index in [2.05, 4.69) is 11.8 Å². The molecule has 0 spiro atoms. The number of hydrogen-bond donors (Lipinski definition) is 1. The smallest absolute Gasteiger partial charge is 0.000683 e. The van der Waals surface area contributed by atoms with Gasteiger partial charge in [0.15, 0.2) is 0 Å². The van der Waals surface area contributed by atoms with Gasteiger partial charge in [-0.2, -0.15) is 0 Å². The molecular weight excluding hydrogens is 148 g/mol. The van der Waals surface area contributed by atoms with E-state index in [9.17, 15) is 0 Å². The fraction of sp³-hybridized carbons (Fsp3) is 1.00. The molecule has 0 unspecified atom stereocenters. The Morgan fingerprint density at radius 2 is 2.08 bits per heavy atom. The van der Waals surface area contributed by atoms with E-state index >= 15 is 0 Å². The molecule has 0 aromatic heterocycles. The van der Waals surface area contributed by atoms with Crippen LogP contribution in [-0.4, -0.2) is 31.1 Å². The topological polar surface area (TPSA) is 29.3 Å². The zero-order valence-corrected chi connectivity index (χ0v) is 8.26. The normalized spacial score (nSPS) is 17.2. The number of nitrogens with two attached hydrogens (primary N) is 1. The van der Waals surface area contributed by atoms with Gasteiger partial charge in [0.05, 0.1) is 0 Å². The highest BCUT2D eigenvalue weighted by atomic mass is 15.1. The molecule has 1 aliphatic carbocycles. The molecular formula is C10H22N2. The fourth-order valence-corrected chi connectivity index (χ4v) is 1.51. The molecule has 1 rings (SSSR count). The maximum atomic E-state index is 5.47. The van der Waals surface area contributed by atoms with Crippen molar-refractivity contribution in [1.29, 1.82) is 0 Å². The van der Waals surface area contributed by atoms with Crippen LogP contribution in [0.2, 0.25) is 0 Å². The molecule has 12 heavy (non-hydrogen) atoms. The van der Waals surface area contributed by atoms with E-state index in [-0.39, 0.29) is 0 Å². The molecule has 0 heterocycles. The van der Waals surface area contributed by atoms with Crippen molar-refractivity contribution in [3.05, 3.63) is 0 Å². The van der Waals surface area contributed by atoms with E-state index in [1.165, 1.54) is 38.9 Å². The van der Waals surface area contributed by atoms with Crippen LogP contribution in [-0.2, 0) is 0 Å². The van der Waals surface area contributed by atoms with Gasteiger partial charge in [0.2, 0.25) is 0 Å². The van der Waals surface area contributed by atoms with Gasteiger partial charge in [-0.25, -0.2) is 0 Å². The molecule has 0 saturated heterocycles. The summed E-state index contributed by atoms with van der Waals surface area (Å²) in [7, 11) is 0. The molecule has 0 radical (unpaired) electrons. The lowest BCUT2D eigenvalue weighted by Crippen LogP contribution is -2.27. The summed E-state index contributed by atoms with van der Waals surface area (Å²) >= 11 is 0. The summed E-state index contributed by atoms with van der Waals surface area (Å²) < 4.78 is 0. The van der Waals surface area contributed by atoms with Crippen molar-refractivity contribution in [2.45, 2.75) is 32.6 Å². The van der Waals surface area contributed by atoms with Gasteiger partial charge in [-0.15, -0.1) is 0 Å². The Kier molecular flexibility index (Phi) is 4.62. The first-order valence-electron chi connectivity index (χ1n) is 5.29. The summed E-state index contributed by atoms with van der Waals surface area (Å²) in [5.74, 6) is 1.07. The Balaban J connectivity index is 1.98. The van der Waals surface area contributed by atoms with Crippen molar-refractivity contribution in [3.63, 3.8) is 0 Å². The molecule has 2 N–H and O–H groups in total. The largest absolute Gasteiger partial charge is 0.330 e. The van der Waals surface area contributed by atoms with Gasteiger partial charge in [-0.3, -0.25) is 0 Å². The fourth-order valence-electron chi connectivity index (χ4n) is 1.51. The summed E-state index contributed by atoms with van der Waals surface area (Å²) in [5, 5.41) is 0. The molecule has 0 amide bonds. The van der Waals surface area contributed by atoms with E-state index in [0.29, 0.717) is 0 Å². The second kappa shape index (κ2) is 5.55. The lowest BCUT2D eigenvalue weighted by Gasteiger charge is -2.19. The molecule has 0 atom stereocenters. The van der Waals surface area contributed by atoms with Crippen LogP contribution in [0.5, 0.6) is 0 Å². The Bertz CT molecular complexity index is 110. The first kappa shape index (κ1) is 10.0. The lowest BCUT2D eigenvalue weighted by molar-refractivity contribution is 0.277. The van der Waals surface area contributed by atoms with E-state index in [1.807, 2.05) is 0 Å². The minimum atomic E-state index is 0.833. The van der Waals surface area contributed by atoms with Crippen LogP contribution in [0.25, 0.3) is 0 Å². The number of nitrogens with zero attached hydrogens (tertiary/aromatic N) is 1. The summed E-state index contributed by atoms with van der Waals surface area (Å²) in [6.07, 6.45) is 5.53. The highest BCUT2D eigenvalue weighted by molar-refractivity contribution is 4.74. The van der Waals surface area contributed by atoms with Crippen molar-refractivity contribution in [1.82, 2.24) is 4.90 Å². The third-order valence-corrected chi connectivity index (χ3v) is 2.68. The highest BCUT2D eigenvalue weighted by Gasteiger charge is 2.21. The van der Waals surface area contributed by atoms with E-state index < -0.39 is 0 Å². The lowest BCUT2D eigenvalue weighted by atomic mass is 10.2. The number of rotatable bonds is 7. The SMILES string of the molecule is CCN(CCCN)CCC1CC1. The predicted octanol–water partition coefficient (Wildman–Crippen LogP) is 1.46. The summed E-state index contributed by atoms with van der Waals surface area (Å²) in [6.45, 7) is 6.75. The first-order chi connectivity index (χ1) is 5.86. The Morgan fingerprint density at radius 1 is 1.33 bits per heavy atom. The molecule has 1 aliphatic rings. The molecule has 0 aromatic carbocycles. The minimum absolute atomic E-state index is 0.833. The quantitative estimate of drug-likeness (QED) is 0.626. The average molecular weight is 170 g/mol. The Hall–Kier alpha value is -0.0800. The van der Waals surface area contributed by atoms with Gasteiger partial charge in [-0.05, 0) is 44.9 Å². The Labute approximate surface area is 76.1 Å². The summed E-state index contributed by atoms with van der Waals surface area (Å²) in [4.78, 5) is 2.52. The third-order valence-electron chi connectivity index (χ3n) is 2.68. The minimum Gasteiger partial charge on any atom is -0.330 e. The average Bonchev–Trinajstić information content (AvgIpc) is 2.89. The van der Waals surface area contributed by atoms with Gasteiger partial charge in [-0.1, -0.05) is 19.8 Å².